The maximum absolute atomic E-state index is 13.8. The van der Waals surface area contributed by atoms with Gasteiger partial charge in [-0.15, -0.1) is 0 Å². The topological polar surface area (TPSA) is 96.4 Å². The predicted octanol–water partition coefficient (Wildman–Crippen LogP) is 17.8. The van der Waals surface area contributed by atoms with E-state index in [-0.39, 0.29) is 24.1 Å². The van der Waals surface area contributed by atoms with Gasteiger partial charge in [-0.25, -0.2) is 0 Å². The van der Waals surface area contributed by atoms with Gasteiger partial charge in [0.05, 0.1) is 19.3 Å². The van der Waals surface area contributed by atoms with Gasteiger partial charge in [0.1, 0.15) is 0 Å². The molecular weight excluding hydrogens is 881 g/mol. The number of rotatable bonds is 52. The Labute approximate surface area is 441 Å². The van der Waals surface area contributed by atoms with Crippen molar-refractivity contribution < 1.29 is 29.0 Å². The number of nitrogens with zero attached hydrogens (tertiary/aromatic N) is 2. The number of esters is 2. The number of carbonyl (C=O) groups excluding carboxylic acids is 3. The molecule has 420 valence electrons. The third-order valence-corrected chi connectivity index (χ3v) is 16.2. The smallest absolute Gasteiger partial charge is 0.305 e. The number of amides is 1. The summed E-state index contributed by atoms with van der Waals surface area (Å²) in [6.45, 7) is 14.7. The number of unbranched alkanes of at least 4 members (excludes halogenated alkanes) is 24. The van der Waals surface area contributed by atoms with Crippen LogP contribution in [-0.2, 0) is 23.9 Å². The van der Waals surface area contributed by atoms with Crippen LogP contribution in [0.4, 0.5) is 0 Å². The highest BCUT2D eigenvalue weighted by atomic mass is 16.5. The maximum Gasteiger partial charge on any atom is 0.305 e. The minimum Gasteiger partial charge on any atom is -0.465 e. The van der Waals surface area contributed by atoms with E-state index in [1.807, 2.05) is 0 Å². The zero-order chi connectivity index (χ0) is 51.8. The van der Waals surface area contributed by atoms with E-state index in [1.54, 1.807) is 0 Å². The molecule has 0 bridgehead atoms. The fourth-order valence-corrected chi connectivity index (χ4v) is 11.1. The van der Waals surface area contributed by atoms with Gasteiger partial charge < -0.3 is 24.4 Å². The Balaban J connectivity index is 2.59. The van der Waals surface area contributed by atoms with Crippen molar-refractivity contribution in [3.8, 4) is 0 Å². The molecule has 0 aromatic rings. The summed E-state index contributed by atoms with van der Waals surface area (Å²) in [7, 11) is 2.07. The van der Waals surface area contributed by atoms with E-state index in [2.05, 4.69) is 51.5 Å². The number of carbonyl (C=O) groups is 3. The molecular formula is C63H122N2O6. The minimum absolute atomic E-state index is 0.0133. The van der Waals surface area contributed by atoms with Crippen LogP contribution in [0, 0.1) is 11.8 Å². The molecule has 0 heterocycles. The van der Waals surface area contributed by atoms with E-state index in [9.17, 15) is 19.5 Å². The van der Waals surface area contributed by atoms with Crippen LogP contribution in [0.15, 0.2) is 0 Å². The van der Waals surface area contributed by atoms with Gasteiger partial charge in [-0.3, -0.25) is 14.4 Å². The van der Waals surface area contributed by atoms with Gasteiger partial charge in [-0.1, -0.05) is 208 Å². The van der Waals surface area contributed by atoms with Crippen molar-refractivity contribution in [1.29, 1.82) is 0 Å². The fourth-order valence-electron chi connectivity index (χ4n) is 11.1. The van der Waals surface area contributed by atoms with Gasteiger partial charge in [0.15, 0.2) is 0 Å². The van der Waals surface area contributed by atoms with Crippen molar-refractivity contribution in [2.75, 3.05) is 33.4 Å². The molecule has 8 nitrogen and oxygen atoms in total. The lowest BCUT2D eigenvalue weighted by atomic mass is 9.91. The molecule has 2 unspecified atom stereocenters. The van der Waals surface area contributed by atoms with Crippen LogP contribution < -0.4 is 0 Å². The lowest BCUT2D eigenvalue weighted by Crippen LogP contribution is -2.40. The molecule has 0 aromatic heterocycles. The highest BCUT2D eigenvalue weighted by molar-refractivity contribution is 5.76. The SMILES string of the molecule is CCCCCCCCN(CCCCC(=O)N(C)C(CCCCCCCCC(=O)OCC(CCCC)CCCCCC)CCCCCCCCC(=O)OCC(CCCC)CCCCCC)C1CCC(O)CC1. The number of aliphatic hydroxyl groups is 1. The largest absolute Gasteiger partial charge is 0.465 e. The van der Waals surface area contributed by atoms with Gasteiger partial charge in [0, 0.05) is 38.4 Å². The summed E-state index contributed by atoms with van der Waals surface area (Å²) in [6, 6.07) is 0.862. The van der Waals surface area contributed by atoms with Gasteiger partial charge >= 0.3 is 11.9 Å². The molecule has 0 aromatic carbocycles. The highest BCUT2D eigenvalue weighted by Crippen LogP contribution is 2.26. The summed E-state index contributed by atoms with van der Waals surface area (Å²) in [5.74, 6) is 1.31. The van der Waals surface area contributed by atoms with Gasteiger partial charge in [-0.05, 0) is 121 Å². The summed E-state index contributed by atoms with van der Waals surface area (Å²) in [6.07, 6.45) is 50.6. The molecule has 1 amide bonds. The predicted molar refractivity (Wildman–Crippen MR) is 303 cm³/mol. The average molecular weight is 1000 g/mol. The average Bonchev–Trinajstić information content (AvgIpc) is 3.37. The Kier molecular flexibility index (Phi) is 46.7. The zero-order valence-electron chi connectivity index (χ0n) is 48.4. The molecule has 1 N–H and O–H groups in total. The minimum atomic E-state index is -0.126. The third kappa shape index (κ3) is 39.4. The third-order valence-electron chi connectivity index (χ3n) is 16.2. The molecule has 0 aliphatic heterocycles. The van der Waals surface area contributed by atoms with Crippen molar-refractivity contribution >= 4 is 17.8 Å². The molecule has 0 radical (unpaired) electrons. The van der Waals surface area contributed by atoms with Crippen LogP contribution in [0.3, 0.4) is 0 Å². The lowest BCUT2D eigenvalue weighted by Gasteiger charge is -2.36. The Bertz CT molecular complexity index is 1140. The van der Waals surface area contributed by atoms with Crippen LogP contribution in [0.1, 0.15) is 324 Å². The first-order valence-electron chi connectivity index (χ1n) is 31.7. The summed E-state index contributed by atoms with van der Waals surface area (Å²) in [5.41, 5.74) is 0. The van der Waals surface area contributed by atoms with Crippen LogP contribution in [0.5, 0.6) is 0 Å². The maximum atomic E-state index is 13.8. The summed E-state index contributed by atoms with van der Waals surface area (Å²) < 4.78 is 11.6. The number of aliphatic hydroxyl groups excluding tert-OH is 1. The number of ether oxygens (including phenoxy) is 2. The number of hydrogen-bond acceptors (Lipinski definition) is 7. The van der Waals surface area contributed by atoms with Gasteiger partial charge in [0.2, 0.25) is 5.91 Å². The quantitative estimate of drug-likeness (QED) is 0.0479. The molecule has 71 heavy (non-hydrogen) atoms. The Morgan fingerprint density at radius 2 is 0.761 bits per heavy atom. The van der Waals surface area contributed by atoms with E-state index in [0.29, 0.717) is 56.3 Å². The second kappa shape index (κ2) is 49.2. The first kappa shape index (κ1) is 67.3. The molecule has 1 aliphatic carbocycles. The summed E-state index contributed by atoms with van der Waals surface area (Å²) in [4.78, 5) is 43.8. The molecule has 8 heteroatoms. The molecule has 0 saturated heterocycles. The van der Waals surface area contributed by atoms with E-state index in [4.69, 9.17) is 9.47 Å². The van der Waals surface area contributed by atoms with Crippen molar-refractivity contribution in [3.63, 3.8) is 0 Å². The second-order valence-electron chi connectivity index (χ2n) is 22.8. The highest BCUT2D eigenvalue weighted by Gasteiger charge is 2.25. The van der Waals surface area contributed by atoms with E-state index in [1.165, 1.54) is 167 Å². The Morgan fingerprint density at radius 1 is 0.423 bits per heavy atom. The van der Waals surface area contributed by atoms with Gasteiger partial charge in [0.25, 0.3) is 0 Å². The van der Waals surface area contributed by atoms with Crippen molar-refractivity contribution in [2.24, 2.45) is 11.8 Å². The fraction of sp³-hybridized carbons (Fsp3) is 0.952. The monoisotopic (exact) mass is 1000 g/mol. The van der Waals surface area contributed by atoms with E-state index >= 15 is 0 Å². The normalized spacial score (nSPS) is 16.3. The summed E-state index contributed by atoms with van der Waals surface area (Å²) in [5, 5.41) is 10.2. The first-order valence-corrected chi connectivity index (χ1v) is 31.7. The zero-order valence-corrected chi connectivity index (χ0v) is 48.4. The van der Waals surface area contributed by atoms with Crippen LogP contribution in [-0.4, -0.2) is 84.3 Å². The Morgan fingerprint density at radius 3 is 1.21 bits per heavy atom. The van der Waals surface area contributed by atoms with Crippen molar-refractivity contribution in [3.05, 3.63) is 0 Å². The molecule has 1 saturated carbocycles. The molecule has 1 fully saturated rings. The number of hydrogen-bond donors (Lipinski definition) is 1. The van der Waals surface area contributed by atoms with Crippen molar-refractivity contribution in [1.82, 2.24) is 9.80 Å². The van der Waals surface area contributed by atoms with E-state index < -0.39 is 0 Å². The van der Waals surface area contributed by atoms with Crippen LogP contribution in [0.2, 0.25) is 0 Å². The Hall–Kier alpha value is -1.67. The van der Waals surface area contributed by atoms with E-state index in [0.717, 1.165) is 116 Å². The first-order chi connectivity index (χ1) is 34.7. The lowest BCUT2D eigenvalue weighted by molar-refractivity contribution is -0.146. The van der Waals surface area contributed by atoms with Crippen LogP contribution >= 0.6 is 0 Å². The van der Waals surface area contributed by atoms with Crippen LogP contribution in [0.25, 0.3) is 0 Å². The van der Waals surface area contributed by atoms with Crippen molar-refractivity contribution in [2.45, 2.75) is 342 Å². The summed E-state index contributed by atoms with van der Waals surface area (Å²) >= 11 is 0. The molecule has 0 spiro atoms. The standard InChI is InChI=1S/C63H122N2O6/c1-7-12-17-20-29-37-52-65(59-48-50-60(66)51-49-59)53-38-36-45-61(67)64(6)58(43-32-25-21-23-27-34-46-62(68)70-54-56(39-15-10-4)41-30-18-13-8-2)44-33-26-22-24-28-35-47-63(69)71-55-57(40-16-11-5)42-31-19-14-9-3/h56-60,66H,7-55H2,1-6H3. The van der Waals surface area contributed by atoms with Gasteiger partial charge in [-0.2, -0.15) is 0 Å². The molecule has 1 rings (SSSR count). The second-order valence-corrected chi connectivity index (χ2v) is 22.8. The molecule has 1 aliphatic rings. The molecule has 2 atom stereocenters.